The van der Waals surface area contributed by atoms with Gasteiger partial charge in [-0.15, -0.1) is 0 Å². The molecule has 0 aliphatic rings. The molecular formula is C22H18N2O4. The number of aromatic carboxylic acids is 1. The minimum absolute atomic E-state index is 0.000227. The van der Waals surface area contributed by atoms with E-state index in [0.717, 1.165) is 5.56 Å². The van der Waals surface area contributed by atoms with E-state index < -0.39 is 11.9 Å². The lowest BCUT2D eigenvalue weighted by Gasteiger charge is -2.10. The van der Waals surface area contributed by atoms with Crippen LogP contribution in [-0.2, 0) is 0 Å². The first kappa shape index (κ1) is 18.8. The van der Waals surface area contributed by atoms with Crippen LogP contribution in [-0.4, -0.2) is 22.9 Å². The van der Waals surface area contributed by atoms with Crippen molar-refractivity contribution in [3.8, 4) is 0 Å². The van der Waals surface area contributed by atoms with Crippen LogP contribution in [0.5, 0.6) is 0 Å². The van der Waals surface area contributed by atoms with Gasteiger partial charge in [-0.3, -0.25) is 9.59 Å². The molecule has 0 saturated carbocycles. The highest BCUT2D eigenvalue weighted by molar-refractivity contribution is 6.09. The average molecular weight is 374 g/mol. The van der Waals surface area contributed by atoms with Gasteiger partial charge in [0.25, 0.3) is 11.8 Å². The Morgan fingerprint density at radius 3 is 2.11 bits per heavy atom. The highest BCUT2D eigenvalue weighted by atomic mass is 16.4. The van der Waals surface area contributed by atoms with Crippen LogP contribution in [0.1, 0.15) is 36.6 Å². The number of hydrogen-bond donors (Lipinski definition) is 3. The summed E-state index contributed by atoms with van der Waals surface area (Å²) in [6.07, 6.45) is 0. The number of nitrogens with one attached hydrogen (secondary N) is 2. The van der Waals surface area contributed by atoms with Crippen LogP contribution in [0.3, 0.4) is 0 Å². The highest BCUT2D eigenvalue weighted by Gasteiger charge is 2.14. The molecule has 0 aromatic heterocycles. The molecule has 28 heavy (non-hydrogen) atoms. The van der Waals surface area contributed by atoms with Crippen molar-refractivity contribution < 1.29 is 19.5 Å². The van der Waals surface area contributed by atoms with E-state index in [1.165, 1.54) is 18.2 Å². The number of rotatable bonds is 5. The molecule has 0 radical (unpaired) electrons. The first-order valence-electron chi connectivity index (χ1n) is 8.56. The Hall–Kier alpha value is -3.93. The van der Waals surface area contributed by atoms with E-state index >= 15 is 0 Å². The molecule has 3 aromatic rings. The zero-order chi connectivity index (χ0) is 20.1. The van der Waals surface area contributed by atoms with Crippen LogP contribution in [0.4, 0.5) is 11.4 Å². The predicted molar refractivity (Wildman–Crippen MR) is 107 cm³/mol. The summed E-state index contributed by atoms with van der Waals surface area (Å²) in [7, 11) is 0. The number of carbonyl (C=O) groups is 3. The lowest BCUT2D eigenvalue weighted by molar-refractivity contribution is 0.0697. The van der Waals surface area contributed by atoms with Gasteiger partial charge in [-0.1, -0.05) is 35.9 Å². The van der Waals surface area contributed by atoms with Gasteiger partial charge in [0.2, 0.25) is 0 Å². The summed E-state index contributed by atoms with van der Waals surface area (Å²) in [5.41, 5.74) is 2.45. The topological polar surface area (TPSA) is 95.5 Å². The number of carbonyl (C=O) groups excluding carboxylic acids is 2. The lowest BCUT2D eigenvalue weighted by atomic mass is 10.1. The van der Waals surface area contributed by atoms with E-state index in [1.807, 2.05) is 13.0 Å². The molecule has 0 unspecified atom stereocenters. The van der Waals surface area contributed by atoms with E-state index in [1.54, 1.807) is 48.5 Å². The number of amides is 2. The molecule has 0 bridgehead atoms. The fourth-order valence-corrected chi connectivity index (χ4v) is 2.70. The van der Waals surface area contributed by atoms with Crippen LogP contribution < -0.4 is 10.6 Å². The molecule has 6 nitrogen and oxygen atoms in total. The maximum Gasteiger partial charge on any atom is 0.337 e. The normalized spacial score (nSPS) is 10.2. The monoisotopic (exact) mass is 374 g/mol. The van der Waals surface area contributed by atoms with Gasteiger partial charge in [-0.25, -0.2) is 4.79 Å². The van der Waals surface area contributed by atoms with Gasteiger partial charge in [0, 0.05) is 16.8 Å². The Morgan fingerprint density at radius 1 is 0.750 bits per heavy atom. The predicted octanol–water partition coefficient (Wildman–Crippen LogP) is 4.20. The Morgan fingerprint density at radius 2 is 1.39 bits per heavy atom. The molecule has 0 heterocycles. The van der Waals surface area contributed by atoms with E-state index in [2.05, 4.69) is 10.6 Å². The van der Waals surface area contributed by atoms with Crippen molar-refractivity contribution in [2.45, 2.75) is 6.92 Å². The van der Waals surface area contributed by atoms with Crippen molar-refractivity contribution in [3.05, 3.63) is 95.1 Å². The Labute approximate surface area is 161 Å². The molecule has 0 aliphatic heterocycles. The van der Waals surface area contributed by atoms with Crippen molar-refractivity contribution >= 4 is 29.2 Å². The zero-order valence-electron chi connectivity index (χ0n) is 15.1. The van der Waals surface area contributed by atoms with Crippen LogP contribution in [0.15, 0.2) is 72.8 Å². The molecule has 3 N–H and O–H groups in total. The average Bonchev–Trinajstić information content (AvgIpc) is 2.68. The summed E-state index contributed by atoms with van der Waals surface area (Å²) in [5, 5.41) is 14.6. The number of benzene rings is 3. The quantitative estimate of drug-likeness (QED) is 0.624. The van der Waals surface area contributed by atoms with Crippen LogP contribution in [0.25, 0.3) is 0 Å². The molecule has 0 atom stereocenters. The minimum atomic E-state index is -1.13. The van der Waals surface area contributed by atoms with Crippen molar-refractivity contribution in [1.82, 2.24) is 0 Å². The third-order valence-electron chi connectivity index (χ3n) is 4.07. The molecule has 0 saturated heterocycles. The number of anilines is 2. The third kappa shape index (κ3) is 4.42. The molecule has 0 aliphatic carbocycles. The fraction of sp³-hybridized carbons (Fsp3) is 0.0455. The van der Waals surface area contributed by atoms with E-state index in [0.29, 0.717) is 16.8 Å². The van der Waals surface area contributed by atoms with Gasteiger partial charge in [-0.05, 0) is 49.4 Å². The summed E-state index contributed by atoms with van der Waals surface area (Å²) in [6.45, 7) is 1.90. The summed E-state index contributed by atoms with van der Waals surface area (Å²) >= 11 is 0. The van der Waals surface area contributed by atoms with E-state index in [9.17, 15) is 19.5 Å². The molecule has 0 fully saturated rings. The largest absolute Gasteiger partial charge is 0.478 e. The smallest absolute Gasteiger partial charge is 0.337 e. The fourth-order valence-electron chi connectivity index (χ4n) is 2.70. The summed E-state index contributed by atoms with van der Waals surface area (Å²) in [4.78, 5) is 36.2. The summed E-state index contributed by atoms with van der Waals surface area (Å²) in [6, 6.07) is 19.8. The van der Waals surface area contributed by atoms with E-state index in [4.69, 9.17) is 0 Å². The lowest BCUT2D eigenvalue weighted by Crippen LogP contribution is -2.16. The van der Waals surface area contributed by atoms with Crippen LogP contribution >= 0.6 is 0 Å². The number of hydrogen-bond acceptors (Lipinski definition) is 3. The molecule has 0 spiro atoms. The number of aryl methyl sites for hydroxylation is 1. The van der Waals surface area contributed by atoms with Crippen LogP contribution in [0, 0.1) is 6.92 Å². The van der Waals surface area contributed by atoms with E-state index in [-0.39, 0.29) is 17.2 Å². The van der Waals surface area contributed by atoms with Crippen LogP contribution in [0.2, 0.25) is 0 Å². The van der Waals surface area contributed by atoms with Crippen molar-refractivity contribution in [3.63, 3.8) is 0 Å². The second-order valence-corrected chi connectivity index (χ2v) is 6.21. The number of para-hydroxylation sites is 1. The second kappa shape index (κ2) is 8.18. The number of carboxylic acid groups (broad SMARTS) is 1. The van der Waals surface area contributed by atoms with Crippen molar-refractivity contribution in [2.75, 3.05) is 10.6 Å². The summed E-state index contributed by atoms with van der Waals surface area (Å²) in [5.74, 6) is -1.88. The minimum Gasteiger partial charge on any atom is -0.478 e. The molecule has 140 valence electrons. The molecule has 3 aromatic carbocycles. The Bertz CT molecular complexity index is 1060. The standard InChI is InChI=1S/C22H18N2O4/c1-14-6-4-7-15(12-14)20(25)23-17-9-5-8-16(13-17)21(26)24-19-11-3-2-10-18(19)22(27)28/h2-13H,1H3,(H,23,25)(H,24,26)(H,27,28). The molecule has 3 rings (SSSR count). The van der Waals surface area contributed by atoms with Gasteiger partial charge < -0.3 is 15.7 Å². The third-order valence-corrected chi connectivity index (χ3v) is 4.07. The Kier molecular flexibility index (Phi) is 5.50. The van der Waals surface area contributed by atoms with Crippen molar-refractivity contribution in [1.29, 1.82) is 0 Å². The summed E-state index contributed by atoms with van der Waals surface area (Å²) < 4.78 is 0. The van der Waals surface area contributed by atoms with Gasteiger partial charge in [0.1, 0.15) is 0 Å². The maximum atomic E-state index is 12.5. The molecule has 2 amide bonds. The maximum absolute atomic E-state index is 12.5. The van der Waals surface area contributed by atoms with Gasteiger partial charge >= 0.3 is 5.97 Å². The number of carboxylic acids is 1. The van der Waals surface area contributed by atoms with Gasteiger partial charge in [0.15, 0.2) is 0 Å². The first-order chi connectivity index (χ1) is 13.4. The van der Waals surface area contributed by atoms with Gasteiger partial charge in [-0.2, -0.15) is 0 Å². The molecular weight excluding hydrogens is 356 g/mol. The van der Waals surface area contributed by atoms with Gasteiger partial charge in [0.05, 0.1) is 11.3 Å². The molecule has 6 heteroatoms. The SMILES string of the molecule is Cc1cccc(C(=O)Nc2cccc(C(=O)Nc3ccccc3C(=O)O)c2)c1. The Balaban J connectivity index is 1.77. The van der Waals surface area contributed by atoms with Crippen molar-refractivity contribution in [2.24, 2.45) is 0 Å². The first-order valence-corrected chi connectivity index (χ1v) is 8.56. The highest BCUT2D eigenvalue weighted by Crippen LogP contribution is 2.18. The second-order valence-electron chi connectivity index (χ2n) is 6.21. The zero-order valence-corrected chi connectivity index (χ0v) is 15.1.